The van der Waals surface area contributed by atoms with Crippen LogP contribution in [0.4, 0.5) is 0 Å². The van der Waals surface area contributed by atoms with Crippen LogP contribution in [0.5, 0.6) is 0 Å². The van der Waals surface area contributed by atoms with E-state index in [-0.39, 0.29) is 0 Å². The summed E-state index contributed by atoms with van der Waals surface area (Å²) in [6.45, 7) is 8.98. The molecule has 0 unspecified atom stereocenters. The molecule has 4 nitrogen and oxygen atoms in total. The molecule has 1 saturated carbocycles. The zero-order chi connectivity index (χ0) is 13.1. The van der Waals surface area contributed by atoms with Crippen LogP contribution >= 0.6 is 0 Å². The van der Waals surface area contributed by atoms with Crippen LogP contribution in [0.15, 0.2) is 0 Å². The SMILES string of the molecule is CCCCOCCNCCN(CCOC)C1CC1. The number of hydrogen-bond acceptors (Lipinski definition) is 4. The maximum absolute atomic E-state index is 5.51. The summed E-state index contributed by atoms with van der Waals surface area (Å²) >= 11 is 0. The Bertz CT molecular complexity index is 187. The number of methoxy groups -OCH3 is 1. The first-order chi connectivity index (χ1) is 8.88. The van der Waals surface area contributed by atoms with Crippen LogP contribution < -0.4 is 5.32 Å². The van der Waals surface area contributed by atoms with Gasteiger partial charge in [0, 0.05) is 45.9 Å². The highest BCUT2D eigenvalue weighted by Gasteiger charge is 2.27. The van der Waals surface area contributed by atoms with Gasteiger partial charge in [0.05, 0.1) is 13.2 Å². The van der Waals surface area contributed by atoms with Gasteiger partial charge in [0.2, 0.25) is 0 Å². The lowest BCUT2D eigenvalue weighted by molar-refractivity contribution is 0.128. The molecule has 108 valence electrons. The molecule has 4 heteroatoms. The number of hydrogen-bond donors (Lipinski definition) is 1. The van der Waals surface area contributed by atoms with Gasteiger partial charge in [-0.15, -0.1) is 0 Å². The van der Waals surface area contributed by atoms with Crippen molar-refractivity contribution in [1.82, 2.24) is 10.2 Å². The second-order valence-corrected chi connectivity index (χ2v) is 4.98. The Kier molecular flexibility index (Phi) is 9.48. The van der Waals surface area contributed by atoms with Gasteiger partial charge in [-0.05, 0) is 19.3 Å². The summed E-state index contributed by atoms with van der Waals surface area (Å²) in [6, 6.07) is 0.822. The molecule has 1 aliphatic carbocycles. The lowest BCUT2D eigenvalue weighted by Crippen LogP contribution is -2.36. The van der Waals surface area contributed by atoms with E-state index in [0.29, 0.717) is 0 Å². The monoisotopic (exact) mass is 258 g/mol. The molecule has 1 N–H and O–H groups in total. The largest absolute Gasteiger partial charge is 0.383 e. The fourth-order valence-corrected chi connectivity index (χ4v) is 1.97. The third-order valence-electron chi connectivity index (χ3n) is 3.29. The summed E-state index contributed by atoms with van der Waals surface area (Å²) in [7, 11) is 1.77. The molecular weight excluding hydrogens is 228 g/mol. The molecule has 0 aliphatic heterocycles. The average Bonchev–Trinajstić information content (AvgIpc) is 3.20. The second kappa shape index (κ2) is 10.7. The fraction of sp³-hybridized carbons (Fsp3) is 1.00. The molecule has 18 heavy (non-hydrogen) atoms. The van der Waals surface area contributed by atoms with Crippen LogP contribution in [-0.4, -0.2) is 64.1 Å². The molecule has 1 fully saturated rings. The molecule has 0 heterocycles. The average molecular weight is 258 g/mol. The third-order valence-corrected chi connectivity index (χ3v) is 3.29. The van der Waals surface area contributed by atoms with E-state index in [1.54, 1.807) is 7.11 Å². The number of rotatable bonds is 13. The summed E-state index contributed by atoms with van der Waals surface area (Å²) in [5, 5.41) is 3.44. The Labute approximate surface area is 112 Å². The number of nitrogens with one attached hydrogen (secondary N) is 1. The second-order valence-electron chi connectivity index (χ2n) is 4.98. The molecule has 0 saturated heterocycles. The van der Waals surface area contributed by atoms with Crippen molar-refractivity contribution in [2.24, 2.45) is 0 Å². The Balaban J connectivity index is 1.88. The first kappa shape index (κ1) is 15.9. The predicted molar refractivity (Wildman–Crippen MR) is 75.1 cm³/mol. The van der Waals surface area contributed by atoms with Crippen molar-refractivity contribution < 1.29 is 9.47 Å². The van der Waals surface area contributed by atoms with Gasteiger partial charge >= 0.3 is 0 Å². The van der Waals surface area contributed by atoms with Crippen LogP contribution in [0, 0.1) is 0 Å². The van der Waals surface area contributed by atoms with Gasteiger partial charge in [-0.25, -0.2) is 0 Å². The first-order valence-electron chi connectivity index (χ1n) is 7.40. The zero-order valence-electron chi connectivity index (χ0n) is 12.1. The number of ether oxygens (including phenoxy) is 2. The van der Waals surface area contributed by atoms with E-state index in [4.69, 9.17) is 9.47 Å². The molecule has 0 amide bonds. The van der Waals surface area contributed by atoms with E-state index in [1.807, 2.05) is 0 Å². The first-order valence-corrected chi connectivity index (χ1v) is 7.40. The highest BCUT2D eigenvalue weighted by atomic mass is 16.5. The Morgan fingerprint density at radius 3 is 2.61 bits per heavy atom. The van der Waals surface area contributed by atoms with Crippen molar-refractivity contribution >= 4 is 0 Å². The summed E-state index contributed by atoms with van der Waals surface area (Å²) < 4.78 is 10.7. The molecule has 1 rings (SSSR count). The quantitative estimate of drug-likeness (QED) is 0.508. The minimum absolute atomic E-state index is 0.822. The number of nitrogens with zero attached hydrogens (tertiary/aromatic N) is 1. The van der Waals surface area contributed by atoms with E-state index in [1.165, 1.54) is 25.7 Å². The molecule has 0 aromatic rings. The van der Waals surface area contributed by atoms with Crippen molar-refractivity contribution in [3.63, 3.8) is 0 Å². The maximum Gasteiger partial charge on any atom is 0.0590 e. The van der Waals surface area contributed by atoms with Crippen LogP contribution in [0.3, 0.4) is 0 Å². The molecule has 0 atom stereocenters. The molecule has 0 spiro atoms. The predicted octanol–water partition coefficient (Wildman–Crippen LogP) is 1.50. The molecular formula is C14H30N2O2. The third kappa shape index (κ3) is 8.03. The van der Waals surface area contributed by atoms with Crippen LogP contribution in [0.2, 0.25) is 0 Å². The van der Waals surface area contributed by atoms with Gasteiger partial charge in [-0.3, -0.25) is 4.90 Å². The minimum atomic E-state index is 0.822. The molecule has 0 radical (unpaired) electrons. The maximum atomic E-state index is 5.51. The van der Waals surface area contributed by atoms with Crippen molar-refractivity contribution in [3.05, 3.63) is 0 Å². The standard InChI is InChI=1S/C14H30N2O2/c1-3-4-11-18-12-8-15-7-9-16(10-13-17-2)14-5-6-14/h14-15H,3-13H2,1-2H3. The van der Waals surface area contributed by atoms with E-state index in [2.05, 4.69) is 17.1 Å². The summed E-state index contributed by atoms with van der Waals surface area (Å²) in [6.07, 6.45) is 5.11. The summed E-state index contributed by atoms with van der Waals surface area (Å²) in [5.41, 5.74) is 0. The van der Waals surface area contributed by atoms with Gasteiger partial charge in [-0.2, -0.15) is 0 Å². The highest BCUT2D eigenvalue weighted by Crippen LogP contribution is 2.25. The number of unbranched alkanes of at least 4 members (excludes halogenated alkanes) is 1. The topological polar surface area (TPSA) is 33.7 Å². The molecule has 0 aromatic heterocycles. The Hall–Kier alpha value is -0.160. The van der Waals surface area contributed by atoms with Crippen molar-refractivity contribution in [2.75, 3.05) is 53.1 Å². The highest BCUT2D eigenvalue weighted by molar-refractivity contribution is 4.84. The van der Waals surface area contributed by atoms with Crippen molar-refractivity contribution in [3.8, 4) is 0 Å². The minimum Gasteiger partial charge on any atom is -0.383 e. The van der Waals surface area contributed by atoms with Gasteiger partial charge in [0.25, 0.3) is 0 Å². The van der Waals surface area contributed by atoms with E-state index < -0.39 is 0 Å². The molecule has 0 bridgehead atoms. The Morgan fingerprint density at radius 2 is 1.94 bits per heavy atom. The zero-order valence-corrected chi connectivity index (χ0v) is 12.1. The lowest BCUT2D eigenvalue weighted by Gasteiger charge is -2.21. The van der Waals surface area contributed by atoms with Gasteiger partial charge in [0.1, 0.15) is 0 Å². The Morgan fingerprint density at radius 1 is 1.11 bits per heavy atom. The van der Waals surface area contributed by atoms with Crippen LogP contribution in [-0.2, 0) is 9.47 Å². The van der Waals surface area contributed by atoms with Gasteiger partial charge in [-0.1, -0.05) is 13.3 Å². The summed E-state index contributed by atoms with van der Waals surface area (Å²) in [5.74, 6) is 0. The van der Waals surface area contributed by atoms with E-state index >= 15 is 0 Å². The summed E-state index contributed by atoms with van der Waals surface area (Å²) in [4.78, 5) is 2.54. The molecule has 0 aromatic carbocycles. The normalized spacial score (nSPS) is 15.5. The molecule has 1 aliphatic rings. The van der Waals surface area contributed by atoms with Gasteiger partial charge < -0.3 is 14.8 Å². The van der Waals surface area contributed by atoms with Crippen LogP contribution in [0.25, 0.3) is 0 Å². The van der Waals surface area contributed by atoms with Crippen molar-refractivity contribution in [2.45, 2.75) is 38.6 Å². The van der Waals surface area contributed by atoms with E-state index in [9.17, 15) is 0 Å². The smallest absolute Gasteiger partial charge is 0.0590 e. The fourth-order valence-electron chi connectivity index (χ4n) is 1.97. The lowest BCUT2D eigenvalue weighted by atomic mass is 10.4. The van der Waals surface area contributed by atoms with Gasteiger partial charge in [0.15, 0.2) is 0 Å². The van der Waals surface area contributed by atoms with Crippen molar-refractivity contribution in [1.29, 1.82) is 0 Å². The van der Waals surface area contributed by atoms with E-state index in [0.717, 1.165) is 52.0 Å². The van der Waals surface area contributed by atoms with Crippen LogP contribution in [0.1, 0.15) is 32.6 Å².